The molecule has 0 radical (unpaired) electrons. The summed E-state index contributed by atoms with van der Waals surface area (Å²) in [5.74, 6) is 0. The molecule has 0 heterocycles. The van der Waals surface area contributed by atoms with Gasteiger partial charge in [0.25, 0.3) is 0 Å². The number of rotatable bonds is 4. The molecule has 3 heteroatoms. The van der Waals surface area contributed by atoms with Crippen LogP contribution in [0.25, 0.3) is 0 Å². The summed E-state index contributed by atoms with van der Waals surface area (Å²) in [6, 6.07) is 13.4. The Morgan fingerprint density at radius 2 is 0.677 bits per heavy atom. The van der Waals surface area contributed by atoms with Crippen molar-refractivity contribution in [3.63, 3.8) is 0 Å². The molecule has 0 aliphatic rings. The van der Waals surface area contributed by atoms with Crippen LogP contribution in [0.4, 0.5) is 0 Å². The van der Waals surface area contributed by atoms with Gasteiger partial charge in [-0.2, -0.15) is 0 Å². The van der Waals surface area contributed by atoms with Crippen LogP contribution >= 0.6 is 24.1 Å². The molecule has 0 fully saturated rings. The van der Waals surface area contributed by atoms with Crippen LogP contribution < -0.4 is 0 Å². The Hall–Kier alpha value is -0.900. The molecule has 0 saturated heterocycles. The van der Waals surface area contributed by atoms with Gasteiger partial charge >= 0.3 is 0 Å². The molecular formula is C28H42OS2. The van der Waals surface area contributed by atoms with Crippen molar-refractivity contribution in [2.24, 2.45) is 0 Å². The van der Waals surface area contributed by atoms with E-state index in [2.05, 4.69) is 119 Å². The summed E-state index contributed by atoms with van der Waals surface area (Å²) >= 11 is 3.05. The first kappa shape index (κ1) is 26.4. The van der Waals surface area contributed by atoms with E-state index < -0.39 is 0 Å². The first-order valence-electron chi connectivity index (χ1n) is 11.2. The van der Waals surface area contributed by atoms with Gasteiger partial charge in [-0.05, 0) is 43.9 Å². The lowest BCUT2D eigenvalue weighted by atomic mass is 9.80. The van der Waals surface area contributed by atoms with E-state index in [9.17, 15) is 0 Å². The third-order valence-corrected chi connectivity index (χ3v) is 7.25. The van der Waals surface area contributed by atoms with E-state index >= 15 is 0 Å². The average Bonchev–Trinajstić information content (AvgIpc) is 2.58. The van der Waals surface area contributed by atoms with Crippen LogP contribution in [0.5, 0.6) is 0 Å². The molecule has 2 aromatic carbocycles. The number of hydrogen-bond acceptors (Lipinski definition) is 3. The van der Waals surface area contributed by atoms with Crippen LogP contribution in [-0.2, 0) is 25.3 Å². The summed E-state index contributed by atoms with van der Waals surface area (Å²) in [4.78, 5) is 2.50. The van der Waals surface area contributed by atoms with Crippen molar-refractivity contribution in [2.75, 3.05) is 0 Å². The van der Waals surface area contributed by atoms with Crippen molar-refractivity contribution < 1.29 is 3.63 Å². The Balaban J connectivity index is 2.47. The Kier molecular flexibility index (Phi) is 7.78. The predicted molar refractivity (Wildman–Crippen MR) is 140 cm³/mol. The molecule has 1 nitrogen and oxygen atoms in total. The third-order valence-electron chi connectivity index (χ3n) is 5.50. The van der Waals surface area contributed by atoms with E-state index in [0.717, 1.165) is 0 Å². The fourth-order valence-corrected chi connectivity index (χ4v) is 6.24. The van der Waals surface area contributed by atoms with Gasteiger partial charge in [-0.1, -0.05) is 119 Å². The predicted octanol–water partition coefficient (Wildman–Crippen LogP) is 9.61. The molecule has 2 aromatic rings. The summed E-state index contributed by atoms with van der Waals surface area (Å²) in [5.41, 5.74) is 5.57. The fraction of sp³-hybridized carbons (Fsp3) is 0.571. The summed E-state index contributed by atoms with van der Waals surface area (Å²) in [5, 5.41) is 0. The van der Waals surface area contributed by atoms with Gasteiger partial charge in [0.15, 0.2) is 0 Å². The van der Waals surface area contributed by atoms with Crippen LogP contribution in [0.2, 0.25) is 0 Å². The second-order valence-electron chi connectivity index (χ2n) is 12.6. The number of benzene rings is 2. The molecule has 0 amide bonds. The fourth-order valence-electron chi connectivity index (χ4n) is 3.70. The van der Waals surface area contributed by atoms with Crippen molar-refractivity contribution in [2.45, 2.75) is 115 Å². The van der Waals surface area contributed by atoms with Crippen LogP contribution in [-0.4, -0.2) is 0 Å². The third kappa shape index (κ3) is 6.55. The summed E-state index contributed by atoms with van der Waals surface area (Å²) < 4.78 is 6.38. The Labute approximate surface area is 200 Å². The first-order chi connectivity index (χ1) is 13.9. The van der Waals surface area contributed by atoms with Gasteiger partial charge in [-0.15, -0.1) is 0 Å². The average molecular weight is 459 g/mol. The molecule has 0 aromatic heterocycles. The van der Waals surface area contributed by atoms with Crippen LogP contribution in [0, 0.1) is 0 Å². The zero-order valence-corrected chi connectivity index (χ0v) is 23.3. The van der Waals surface area contributed by atoms with Crippen LogP contribution in [0.15, 0.2) is 46.2 Å². The molecule has 0 saturated carbocycles. The van der Waals surface area contributed by atoms with Crippen molar-refractivity contribution in [1.82, 2.24) is 0 Å². The van der Waals surface area contributed by atoms with E-state index in [1.807, 2.05) is 0 Å². The lowest BCUT2D eigenvalue weighted by molar-refractivity contribution is 0.541. The highest BCUT2D eigenvalue weighted by atomic mass is 32.2. The molecule has 0 aliphatic heterocycles. The Bertz CT molecular complexity index is 761. The molecule has 2 rings (SSSR count). The minimum Gasteiger partial charge on any atom is -0.237 e. The molecular weight excluding hydrogens is 416 g/mol. The van der Waals surface area contributed by atoms with Crippen molar-refractivity contribution in [3.05, 3.63) is 58.7 Å². The van der Waals surface area contributed by atoms with E-state index in [1.165, 1.54) is 56.1 Å². The normalized spacial score (nSPS) is 13.5. The summed E-state index contributed by atoms with van der Waals surface area (Å²) in [6.07, 6.45) is 0. The van der Waals surface area contributed by atoms with Gasteiger partial charge in [-0.3, -0.25) is 0 Å². The zero-order chi connectivity index (χ0) is 23.8. The SMILES string of the molecule is CC(C)(C)c1cccc(C(C)(C)C)c1SOSc1c(C(C)(C)C)cccc1C(C)(C)C. The first-order valence-corrected chi connectivity index (χ1v) is 12.7. The highest BCUT2D eigenvalue weighted by Gasteiger charge is 2.28. The van der Waals surface area contributed by atoms with E-state index in [4.69, 9.17) is 3.63 Å². The van der Waals surface area contributed by atoms with Gasteiger partial charge in [0.1, 0.15) is 0 Å². The standard InChI is InChI=1S/C28H42OS2/c1-25(2,3)19-15-13-16-20(26(4,5)6)23(19)30-29-31-24-21(27(7,8)9)17-14-18-22(24)28(10,11)12/h13-18H,1-12H3. The van der Waals surface area contributed by atoms with Crippen molar-refractivity contribution in [1.29, 1.82) is 0 Å². The lowest BCUT2D eigenvalue weighted by Crippen LogP contribution is -2.19. The van der Waals surface area contributed by atoms with Crippen LogP contribution in [0.1, 0.15) is 105 Å². The van der Waals surface area contributed by atoms with Gasteiger partial charge in [0.2, 0.25) is 0 Å². The van der Waals surface area contributed by atoms with Gasteiger partial charge in [0, 0.05) is 33.9 Å². The highest BCUT2D eigenvalue weighted by molar-refractivity contribution is 8.08. The Morgan fingerprint density at radius 1 is 0.452 bits per heavy atom. The second-order valence-corrected chi connectivity index (χ2v) is 14.3. The summed E-state index contributed by atoms with van der Waals surface area (Å²) in [6.45, 7) is 27.3. The molecule has 0 atom stereocenters. The van der Waals surface area contributed by atoms with Crippen molar-refractivity contribution >= 4 is 24.1 Å². The van der Waals surface area contributed by atoms with Crippen LogP contribution in [0.3, 0.4) is 0 Å². The minimum absolute atomic E-state index is 0.0531. The molecule has 0 N–H and O–H groups in total. The molecule has 0 unspecified atom stereocenters. The van der Waals surface area contributed by atoms with E-state index in [0.29, 0.717) is 0 Å². The molecule has 0 spiro atoms. The zero-order valence-electron chi connectivity index (χ0n) is 21.7. The van der Waals surface area contributed by atoms with Gasteiger partial charge < -0.3 is 0 Å². The van der Waals surface area contributed by atoms with Gasteiger partial charge in [0.05, 0.1) is 0 Å². The van der Waals surface area contributed by atoms with Crippen molar-refractivity contribution in [3.8, 4) is 0 Å². The largest absolute Gasteiger partial charge is 0.237 e. The second kappa shape index (κ2) is 9.15. The topological polar surface area (TPSA) is 9.23 Å². The lowest BCUT2D eigenvalue weighted by Gasteiger charge is -2.30. The molecule has 172 valence electrons. The smallest absolute Gasteiger partial charge is 0.0454 e. The quantitative estimate of drug-likeness (QED) is 0.422. The Morgan fingerprint density at radius 3 is 0.871 bits per heavy atom. The maximum Gasteiger partial charge on any atom is 0.0454 e. The van der Waals surface area contributed by atoms with E-state index in [1.54, 1.807) is 0 Å². The summed E-state index contributed by atoms with van der Waals surface area (Å²) in [7, 11) is 0. The molecule has 0 aliphatic carbocycles. The molecule has 0 bridgehead atoms. The van der Waals surface area contributed by atoms with E-state index in [-0.39, 0.29) is 21.7 Å². The van der Waals surface area contributed by atoms with Gasteiger partial charge in [-0.25, -0.2) is 3.63 Å². The monoisotopic (exact) mass is 458 g/mol. The number of hydrogen-bond donors (Lipinski definition) is 0. The maximum atomic E-state index is 6.38. The highest BCUT2D eigenvalue weighted by Crippen LogP contribution is 2.45. The minimum atomic E-state index is 0.0531. The molecule has 31 heavy (non-hydrogen) atoms. The maximum absolute atomic E-state index is 6.38.